The van der Waals surface area contributed by atoms with Crippen LogP contribution in [-0.4, -0.2) is 55.0 Å². The van der Waals surface area contributed by atoms with Gasteiger partial charge in [0, 0.05) is 31.2 Å². The number of amides is 1. The summed E-state index contributed by atoms with van der Waals surface area (Å²) in [7, 11) is 0. The van der Waals surface area contributed by atoms with Crippen molar-refractivity contribution in [2.45, 2.75) is 19.4 Å². The second-order valence-electron chi connectivity index (χ2n) is 6.37. The van der Waals surface area contributed by atoms with Crippen molar-refractivity contribution >= 4 is 17.5 Å². The van der Waals surface area contributed by atoms with Gasteiger partial charge in [-0.1, -0.05) is 23.7 Å². The number of nitrogens with one attached hydrogen (secondary N) is 1. The van der Waals surface area contributed by atoms with Gasteiger partial charge in [-0.3, -0.25) is 9.69 Å². The number of rotatable bonds is 4. The van der Waals surface area contributed by atoms with Gasteiger partial charge in [-0.15, -0.1) is 0 Å². The van der Waals surface area contributed by atoms with E-state index in [-0.39, 0.29) is 5.91 Å². The molecule has 22 heavy (non-hydrogen) atoms. The van der Waals surface area contributed by atoms with Gasteiger partial charge < -0.3 is 10.2 Å². The van der Waals surface area contributed by atoms with Crippen LogP contribution in [0.2, 0.25) is 5.02 Å². The molecule has 3 rings (SSSR count). The van der Waals surface area contributed by atoms with E-state index in [0.717, 1.165) is 49.2 Å². The highest BCUT2D eigenvalue weighted by atomic mass is 35.5. The van der Waals surface area contributed by atoms with Crippen LogP contribution in [-0.2, 0) is 11.3 Å². The lowest BCUT2D eigenvalue weighted by Gasteiger charge is -2.37. The standard InChI is InChI=1S/C17H24ClN3O/c18-16-3-1-2-15(10-16)12-21-9-8-20(13-17(21)22)11-14-4-6-19-7-5-14/h1-3,10,14,19H,4-9,11-13H2. The lowest BCUT2D eigenvalue weighted by atomic mass is 9.97. The molecule has 0 saturated carbocycles. The van der Waals surface area contributed by atoms with E-state index in [2.05, 4.69) is 10.2 Å². The van der Waals surface area contributed by atoms with Crippen molar-refractivity contribution in [3.05, 3.63) is 34.9 Å². The summed E-state index contributed by atoms with van der Waals surface area (Å²) in [4.78, 5) is 16.6. The van der Waals surface area contributed by atoms with Gasteiger partial charge in [0.25, 0.3) is 0 Å². The fourth-order valence-corrected chi connectivity index (χ4v) is 3.58. The Morgan fingerprint density at radius 3 is 2.77 bits per heavy atom. The van der Waals surface area contributed by atoms with Gasteiger partial charge in [0.1, 0.15) is 0 Å². The fraction of sp³-hybridized carbons (Fsp3) is 0.588. The summed E-state index contributed by atoms with van der Waals surface area (Å²) >= 11 is 6.01. The summed E-state index contributed by atoms with van der Waals surface area (Å²) < 4.78 is 0. The molecular weight excluding hydrogens is 298 g/mol. The van der Waals surface area contributed by atoms with Crippen LogP contribution in [0.3, 0.4) is 0 Å². The van der Waals surface area contributed by atoms with E-state index in [0.29, 0.717) is 13.1 Å². The van der Waals surface area contributed by atoms with E-state index in [9.17, 15) is 4.79 Å². The lowest BCUT2D eigenvalue weighted by molar-refractivity contribution is -0.137. The third-order valence-corrected chi connectivity index (χ3v) is 4.87. The predicted molar refractivity (Wildman–Crippen MR) is 88.9 cm³/mol. The number of carbonyl (C=O) groups excluding carboxylic acids is 1. The zero-order valence-electron chi connectivity index (χ0n) is 12.9. The number of nitrogens with zero attached hydrogens (tertiary/aromatic N) is 2. The first-order chi connectivity index (χ1) is 10.7. The van der Waals surface area contributed by atoms with Gasteiger partial charge in [-0.05, 0) is 49.5 Å². The molecule has 0 unspecified atom stereocenters. The minimum absolute atomic E-state index is 0.236. The molecule has 1 aromatic carbocycles. The number of halogens is 1. The summed E-state index contributed by atoms with van der Waals surface area (Å²) in [5.41, 5.74) is 1.10. The van der Waals surface area contributed by atoms with Crippen molar-refractivity contribution in [1.82, 2.24) is 15.1 Å². The van der Waals surface area contributed by atoms with Crippen LogP contribution < -0.4 is 5.32 Å². The summed E-state index contributed by atoms with van der Waals surface area (Å²) in [6.07, 6.45) is 2.47. The quantitative estimate of drug-likeness (QED) is 0.921. The van der Waals surface area contributed by atoms with Crippen LogP contribution in [0, 0.1) is 5.92 Å². The third kappa shape index (κ3) is 4.22. The van der Waals surface area contributed by atoms with E-state index in [1.54, 1.807) is 0 Å². The molecule has 2 fully saturated rings. The molecule has 0 spiro atoms. The molecule has 2 aliphatic rings. The highest BCUT2D eigenvalue weighted by Gasteiger charge is 2.26. The molecular formula is C17H24ClN3O. The van der Waals surface area contributed by atoms with Crippen molar-refractivity contribution in [1.29, 1.82) is 0 Å². The van der Waals surface area contributed by atoms with Crippen LogP contribution in [0.4, 0.5) is 0 Å². The molecule has 2 aliphatic heterocycles. The molecule has 0 aromatic heterocycles. The summed E-state index contributed by atoms with van der Waals surface area (Å²) in [6, 6.07) is 7.77. The minimum Gasteiger partial charge on any atom is -0.336 e. The molecule has 0 atom stereocenters. The Morgan fingerprint density at radius 1 is 1.23 bits per heavy atom. The van der Waals surface area contributed by atoms with Crippen LogP contribution >= 0.6 is 11.6 Å². The second kappa shape index (κ2) is 7.44. The SMILES string of the molecule is O=C1CN(CC2CCNCC2)CCN1Cc1cccc(Cl)c1. The third-order valence-electron chi connectivity index (χ3n) is 4.64. The molecule has 120 valence electrons. The van der Waals surface area contributed by atoms with Crippen molar-refractivity contribution in [3.8, 4) is 0 Å². The molecule has 0 aliphatic carbocycles. The Balaban J connectivity index is 1.50. The summed E-state index contributed by atoms with van der Waals surface area (Å²) in [6.45, 7) is 6.33. The summed E-state index contributed by atoms with van der Waals surface area (Å²) in [5.74, 6) is 0.980. The van der Waals surface area contributed by atoms with Crippen molar-refractivity contribution in [3.63, 3.8) is 0 Å². The van der Waals surface area contributed by atoms with Gasteiger partial charge in [0.2, 0.25) is 5.91 Å². The van der Waals surface area contributed by atoms with Gasteiger partial charge in [0.15, 0.2) is 0 Å². The molecule has 2 heterocycles. The summed E-state index contributed by atoms with van der Waals surface area (Å²) in [5, 5.41) is 4.13. The van der Waals surface area contributed by atoms with Crippen molar-refractivity contribution in [2.75, 3.05) is 39.3 Å². The molecule has 1 aromatic rings. The Hall–Kier alpha value is -1.10. The lowest BCUT2D eigenvalue weighted by Crippen LogP contribution is -2.51. The van der Waals surface area contributed by atoms with Crippen LogP contribution in [0.5, 0.6) is 0 Å². The molecule has 4 nitrogen and oxygen atoms in total. The molecule has 5 heteroatoms. The number of piperidine rings is 1. The minimum atomic E-state index is 0.236. The van der Waals surface area contributed by atoms with Gasteiger partial charge in [-0.25, -0.2) is 0 Å². The van der Waals surface area contributed by atoms with Gasteiger partial charge in [0.05, 0.1) is 6.54 Å². The number of carbonyl (C=O) groups is 1. The smallest absolute Gasteiger partial charge is 0.237 e. The zero-order valence-corrected chi connectivity index (χ0v) is 13.7. The Kier molecular flexibility index (Phi) is 5.34. The number of hydrogen-bond donors (Lipinski definition) is 1. The molecule has 0 bridgehead atoms. The maximum Gasteiger partial charge on any atom is 0.237 e. The Labute approximate surface area is 137 Å². The first-order valence-corrected chi connectivity index (χ1v) is 8.54. The average Bonchev–Trinajstić information content (AvgIpc) is 2.51. The van der Waals surface area contributed by atoms with Crippen molar-refractivity contribution < 1.29 is 4.79 Å². The molecule has 0 radical (unpaired) electrons. The van der Waals surface area contributed by atoms with Gasteiger partial charge in [-0.2, -0.15) is 0 Å². The topological polar surface area (TPSA) is 35.6 Å². The predicted octanol–water partition coefficient (Wildman–Crippen LogP) is 1.98. The first-order valence-electron chi connectivity index (χ1n) is 8.16. The normalized spacial score (nSPS) is 21.3. The van der Waals surface area contributed by atoms with E-state index in [1.807, 2.05) is 29.2 Å². The second-order valence-corrected chi connectivity index (χ2v) is 6.81. The number of piperazine rings is 1. The van der Waals surface area contributed by atoms with Crippen LogP contribution in [0.1, 0.15) is 18.4 Å². The van der Waals surface area contributed by atoms with E-state index < -0.39 is 0 Å². The van der Waals surface area contributed by atoms with Crippen LogP contribution in [0.25, 0.3) is 0 Å². The van der Waals surface area contributed by atoms with E-state index in [4.69, 9.17) is 11.6 Å². The van der Waals surface area contributed by atoms with Crippen LogP contribution in [0.15, 0.2) is 24.3 Å². The van der Waals surface area contributed by atoms with E-state index >= 15 is 0 Å². The maximum absolute atomic E-state index is 12.4. The highest BCUT2D eigenvalue weighted by molar-refractivity contribution is 6.30. The fourth-order valence-electron chi connectivity index (χ4n) is 3.37. The maximum atomic E-state index is 12.4. The molecule has 1 amide bonds. The molecule has 1 N–H and O–H groups in total. The van der Waals surface area contributed by atoms with E-state index in [1.165, 1.54) is 12.8 Å². The number of benzene rings is 1. The van der Waals surface area contributed by atoms with Crippen molar-refractivity contribution in [2.24, 2.45) is 5.92 Å². The van der Waals surface area contributed by atoms with Gasteiger partial charge >= 0.3 is 0 Å². The highest BCUT2D eigenvalue weighted by Crippen LogP contribution is 2.17. The zero-order chi connectivity index (χ0) is 15.4. The average molecular weight is 322 g/mol. The molecule has 2 saturated heterocycles. The Bertz CT molecular complexity index is 516. The Morgan fingerprint density at radius 2 is 2.05 bits per heavy atom. The monoisotopic (exact) mass is 321 g/mol. The number of hydrogen-bond acceptors (Lipinski definition) is 3. The first kappa shape index (κ1) is 15.8. The largest absolute Gasteiger partial charge is 0.336 e.